The number of thiazole rings is 4. The van der Waals surface area contributed by atoms with Crippen LogP contribution in [0.4, 0.5) is 5.13 Å². The number of benzene rings is 4. The van der Waals surface area contributed by atoms with Crippen molar-refractivity contribution >= 4 is 96.0 Å². The zero-order valence-corrected chi connectivity index (χ0v) is 36.5. The van der Waals surface area contributed by atoms with Gasteiger partial charge in [0.1, 0.15) is 32.2 Å². The fourth-order valence-electron chi connectivity index (χ4n) is 6.63. The molecule has 0 saturated carbocycles. The fraction of sp³-hybridized carbons (Fsp3) is 0.0444. The predicted molar refractivity (Wildman–Crippen MR) is 251 cm³/mol. The van der Waals surface area contributed by atoms with Gasteiger partial charge in [-0.1, -0.05) is 95.6 Å². The Morgan fingerprint density at radius 2 is 1.32 bits per heavy atom. The summed E-state index contributed by atoms with van der Waals surface area (Å²) in [5, 5.41) is 8.90. The lowest BCUT2D eigenvalue weighted by Gasteiger charge is -2.19. The van der Waals surface area contributed by atoms with Crippen molar-refractivity contribution in [1.29, 1.82) is 0 Å². The first-order valence-corrected chi connectivity index (χ1v) is 23.3. The van der Waals surface area contributed by atoms with E-state index >= 15 is 0 Å². The van der Waals surface area contributed by atoms with Gasteiger partial charge in [0, 0.05) is 38.1 Å². The van der Waals surface area contributed by atoms with E-state index in [2.05, 4.69) is 57.7 Å². The SMILES string of the molecule is COc1ccc(-c2csc(N3CSC(c4nc(-c5cccc(Cl)c5)c(-c5nc(-c6nc(-c7ccccn7)cs6)c(-c6ccccc6)s5)s4)=C3c3ccc(Cl)cc3)n2)cc1. The molecule has 0 saturated heterocycles. The number of hydrogen-bond donors (Lipinski definition) is 0. The van der Waals surface area contributed by atoms with Crippen LogP contribution >= 0.6 is 80.3 Å². The van der Waals surface area contributed by atoms with Crippen molar-refractivity contribution < 1.29 is 4.74 Å². The van der Waals surface area contributed by atoms with Gasteiger partial charge in [0.05, 0.1) is 50.4 Å². The van der Waals surface area contributed by atoms with Crippen molar-refractivity contribution in [2.75, 3.05) is 17.9 Å². The normalized spacial score (nSPS) is 12.8. The van der Waals surface area contributed by atoms with E-state index in [1.54, 1.807) is 70.4 Å². The molecule has 9 aromatic rings. The van der Waals surface area contributed by atoms with E-state index < -0.39 is 0 Å². The van der Waals surface area contributed by atoms with Gasteiger partial charge in [-0.05, 0) is 71.8 Å². The van der Waals surface area contributed by atoms with E-state index in [1.165, 1.54) is 0 Å². The van der Waals surface area contributed by atoms with Crippen LogP contribution in [-0.2, 0) is 0 Å². The molecule has 0 fully saturated rings. The average Bonchev–Trinajstić information content (AvgIpc) is 4.14. The second-order valence-electron chi connectivity index (χ2n) is 13.2. The molecule has 1 aliphatic rings. The van der Waals surface area contributed by atoms with E-state index in [4.69, 9.17) is 47.9 Å². The molecule has 10 rings (SSSR count). The van der Waals surface area contributed by atoms with E-state index in [-0.39, 0.29) is 0 Å². The number of methoxy groups -OCH3 is 1. The summed E-state index contributed by atoms with van der Waals surface area (Å²) in [7, 11) is 1.67. The second kappa shape index (κ2) is 16.5. The maximum absolute atomic E-state index is 6.64. The predicted octanol–water partition coefficient (Wildman–Crippen LogP) is 14.3. The number of ether oxygens (including phenoxy) is 1. The molecular formula is C45H28Cl2N6OS5. The molecule has 0 radical (unpaired) electrons. The highest BCUT2D eigenvalue weighted by Gasteiger charge is 2.32. The lowest BCUT2D eigenvalue weighted by Crippen LogP contribution is -2.16. The number of pyridine rings is 1. The van der Waals surface area contributed by atoms with Gasteiger partial charge in [-0.3, -0.25) is 4.98 Å². The summed E-state index contributed by atoms with van der Waals surface area (Å²) < 4.78 is 5.39. The Hall–Kier alpha value is -5.18. The third-order valence-corrected chi connectivity index (χ3v) is 15.2. The van der Waals surface area contributed by atoms with Gasteiger partial charge in [-0.15, -0.1) is 45.3 Å². The largest absolute Gasteiger partial charge is 0.497 e. The van der Waals surface area contributed by atoms with Crippen LogP contribution in [0.15, 0.2) is 138 Å². The Morgan fingerprint density at radius 1 is 0.576 bits per heavy atom. The maximum atomic E-state index is 6.64. The number of thioether (sulfide) groups is 1. The van der Waals surface area contributed by atoms with Gasteiger partial charge < -0.3 is 9.64 Å². The Kier molecular flexibility index (Phi) is 10.6. The maximum Gasteiger partial charge on any atom is 0.191 e. The molecule has 7 nitrogen and oxygen atoms in total. The first kappa shape index (κ1) is 38.0. The number of hydrogen-bond acceptors (Lipinski definition) is 12. The highest BCUT2D eigenvalue weighted by molar-refractivity contribution is 8.09. The van der Waals surface area contributed by atoms with Crippen LogP contribution < -0.4 is 9.64 Å². The Morgan fingerprint density at radius 3 is 2.10 bits per heavy atom. The monoisotopic (exact) mass is 898 g/mol. The minimum absolute atomic E-state index is 0.636. The van der Waals surface area contributed by atoms with Crippen molar-refractivity contribution in [3.05, 3.63) is 159 Å². The quantitative estimate of drug-likeness (QED) is 0.134. The van der Waals surface area contributed by atoms with Gasteiger partial charge in [0.15, 0.2) is 5.13 Å². The lowest BCUT2D eigenvalue weighted by molar-refractivity contribution is 0.415. The van der Waals surface area contributed by atoms with Crippen LogP contribution in [0.1, 0.15) is 10.6 Å². The molecule has 4 aromatic carbocycles. The molecule has 0 spiro atoms. The zero-order valence-electron chi connectivity index (χ0n) is 30.9. The van der Waals surface area contributed by atoms with Crippen molar-refractivity contribution in [2.24, 2.45) is 0 Å². The highest BCUT2D eigenvalue weighted by atomic mass is 35.5. The summed E-state index contributed by atoms with van der Waals surface area (Å²) in [5.41, 5.74) is 9.25. The van der Waals surface area contributed by atoms with Crippen LogP contribution in [0.2, 0.25) is 10.0 Å². The lowest BCUT2D eigenvalue weighted by atomic mass is 10.1. The molecule has 0 atom stereocenters. The smallest absolute Gasteiger partial charge is 0.191 e. The first-order chi connectivity index (χ1) is 29.0. The number of aromatic nitrogens is 5. The molecule has 0 amide bonds. The Bertz CT molecular complexity index is 2960. The molecule has 6 heterocycles. The summed E-state index contributed by atoms with van der Waals surface area (Å²) in [6.45, 7) is 0. The van der Waals surface area contributed by atoms with E-state index in [9.17, 15) is 0 Å². The van der Waals surface area contributed by atoms with Crippen LogP contribution in [-0.4, -0.2) is 37.9 Å². The summed E-state index contributed by atoms with van der Waals surface area (Å²) in [4.78, 5) is 30.9. The van der Waals surface area contributed by atoms with Crippen molar-refractivity contribution in [1.82, 2.24) is 24.9 Å². The van der Waals surface area contributed by atoms with Crippen LogP contribution in [0, 0.1) is 0 Å². The Balaban J connectivity index is 1.13. The van der Waals surface area contributed by atoms with E-state index in [1.807, 2.05) is 84.2 Å². The van der Waals surface area contributed by atoms with Gasteiger partial charge >= 0.3 is 0 Å². The zero-order chi connectivity index (χ0) is 39.9. The Labute approximate surface area is 370 Å². The molecule has 5 aromatic heterocycles. The number of nitrogens with zero attached hydrogens (tertiary/aromatic N) is 6. The van der Waals surface area contributed by atoms with Crippen molar-refractivity contribution in [3.63, 3.8) is 0 Å². The number of anilines is 1. The molecule has 14 heteroatoms. The van der Waals surface area contributed by atoms with Gasteiger partial charge in [0.25, 0.3) is 0 Å². The third-order valence-electron chi connectivity index (χ3n) is 9.46. The van der Waals surface area contributed by atoms with Crippen LogP contribution in [0.25, 0.3) is 75.5 Å². The molecule has 59 heavy (non-hydrogen) atoms. The standard InChI is InChI=1S/C45H28Cl2N6OS5/c1-54-32-19-15-26(16-20-32)34-23-56-45(50-34)53-25-57-41(38(53)27-13-17-30(46)18-14-27)44-51-36(29-10-7-11-31(47)22-29)40(59-44)43-52-37(39(58-43)28-8-3-2-4-9-28)42-49-35(24-55-42)33-12-5-6-21-48-33/h2-24H,25H2,1H3. The summed E-state index contributed by atoms with van der Waals surface area (Å²) >= 11 is 21.3. The van der Waals surface area contributed by atoms with Crippen LogP contribution in [0.3, 0.4) is 0 Å². The molecule has 0 bridgehead atoms. The molecule has 288 valence electrons. The van der Waals surface area contributed by atoms with E-state index in [0.717, 1.165) is 97.0 Å². The molecule has 0 aliphatic carbocycles. The van der Waals surface area contributed by atoms with Crippen molar-refractivity contribution in [2.45, 2.75) is 0 Å². The summed E-state index contributed by atoms with van der Waals surface area (Å²) in [5.74, 6) is 1.47. The minimum atomic E-state index is 0.636. The van der Waals surface area contributed by atoms with Crippen molar-refractivity contribution in [3.8, 4) is 70.7 Å². The summed E-state index contributed by atoms with van der Waals surface area (Å²) in [6.07, 6.45) is 1.79. The average molecular weight is 900 g/mol. The second-order valence-corrected chi connectivity index (χ2v) is 18.7. The molecule has 0 N–H and O–H groups in total. The van der Waals surface area contributed by atoms with Gasteiger partial charge in [-0.2, -0.15) is 0 Å². The van der Waals surface area contributed by atoms with Gasteiger partial charge in [-0.25, -0.2) is 19.9 Å². The fourth-order valence-corrected chi connectivity index (χ4v) is 12.3. The number of rotatable bonds is 10. The van der Waals surface area contributed by atoms with Crippen LogP contribution in [0.5, 0.6) is 5.75 Å². The first-order valence-electron chi connectivity index (χ1n) is 18.2. The topological polar surface area (TPSA) is 76.9 Å². The minimum Gasteiger partial charge on any atom is -0.497 e. The third kappa shape index (κ3) is 7.62. The van der Waals surface area contributed by atoms with Gasteiger partial charge in [0.2, 0.25) is 0 Å². The highest BCUT2D eigenvalue weighted by Crippen LogP contribution is 2.52. The molecular weight excluding hydrogens is 872 g/mol. The molecule has 1 aliphatic heterocycles. The molecule has 0 unspecified atom stereocenters. The number of halogens is 2. The van der Waals surface area contributed by atoms with E-state index in [0.29, 0.717) is 15.9 Å². The summed E-state index contributed by atoms with van der Waals surface area (Å²) in [6, 6.07) is 40.1.